The zero-order valence-electron chi connectivity index (χ0n) is 11.1. The Kier molecular flexibility index (Phi) is 4.76. The van der Waals surface area contributed by atoms with E-state index in [4.69, 9.17) is 0 Å². The van der Waals surface area contributed by atoms with Crippen LogP contribution in [0.3, 0.4) is 0 Å². The Morgan fingerprint density at radius 2 is 1.88 bits per heavy atom. The quantitative estimate of drug-likeness (QED) is 0.604. The molecule has 0 aliphatic heterocycles. The second-order valence-corrected chi connectivity index (χ2v) is 5.79. The van der Waals surface area contributed by atoms with Crippen LogP contribution in [-0.4, -0.2) is 5.78 Å². The number of carbonyl (C=O) groups excluding carboxylic acids is 1. The van der Waals surface area contributed by atoms with Crippen molar-refractivity contribution in [3.05, 3.63) is 12.2 Å². The molecule has 1 rings (SSSR count). The highest BCUT2D eigenvalue weighted by Crippen LogP contribution is 2.45. The maximum absolute atomic E-state index is 12.4. The summed E-state index contributed by atoms with van der Waals surface area (Å²) < 4.78 is 0. The van der Waals surface area contributed by atoms with E-state index in [2.05, 4.69) is 27.4 Å². The predicted molar refractivity (Wildman–Crippen MR) is 69.4 cm³/mol. The van der Waals surface area contributed by atoms with Gasteiger partial charge >= 0.3 is 0 Å². The number of hydrogen-bond acceptors (Lipinski definition) is 1. The number of hydrogen-bond donors (Lipinski definition) is 0. The molecule has 0 radical (unpaired) electrons. The Bertz CT molecular complexity index is 257. The molecule has 0 bridgehead atoms. The van der Waals surface area contributed by atoms with Gasteiger partial charge in [0, 0.05) is 11.8 Å². The van der Waals surface area contributed by atoms with Crippen molar-refractivity contribution in [1.29, 1.82) is 0 Å². The van der Waals surface area contributed by atoms with Crippen LogP contribution >= 0.6 is 0 Å². The lowest BCUT2D eigenvalue weighted by atomic mass is 9.73. The van der Waals surface area contributed by atoms with Crippen LogP contribution in [0.1, 0.15) is 65.7 Å². The van der Waals surface area contributed by atoms with Crippen molar-refractivity contribution >= 4 is 5.78 Å². The molecule has 1 nitrogen and oxygen atoms in total. The Balaban J connectivity index is 2.69. The Hall–Kier alpha value is -0.590. The SMILES string of the molecule is C=C(CC)CC(=O)C1(CC(C)C)CCCC1. The van der Waals surface area contributed by atoms with Gasteiger partial charge in [0.15, 0.2) is 0 Å². The van der Waals surface area contributed by atoms with Gasteiger partial charge in [-0.2, -0.15) is 0 Å². The predicted octanol–water partition coefficient (Wildman–Crippen LogP) is 4.52. The van der Waals surface area contributed by atoms with Gasteiger partial charge in [-0.3, -0.25) is 4.79 Å². The molecule has 0 aromatic carbocycles. The molecule has 0 aromatic rings. The third kappa shape index (κ3) is 3.20. The monoisotopic (exact) mass is 222 g/mol. The highest BCUT2D eigenvalue weighted by molar-refractivity contribution is 5.87. The molecule has 0 atom stereocenters. The Morgan fingerprint density at radius 1 is 1.31 bits per heavy atom. The molecular formula is C15H26O. The van der Waals surface area contributed by atoms with Crippen LogP contribution in [0.15, 0.2) is 12.2 Å². The van der Waals surface area contributed by atoms with E-state index in [0.717, 1.165) is 31.3 Å². The molecule has 1 heteroatoms. The van der Waals surface area contributed by atoms with Gasteiger partial charge in [-0.05, 0) is 31.6 Å². The van der Waals surface area contributed by atoms with Gasteiger partial charge in [0.2, 0.25) is 0 Å². The summed E-state index contributed by atoms with van der Waals surface area (Å²) in [5.41, 5.74) is 1.10. The van der Waals surface area contributed by atoms with E-state index in [-0.39, 0.29) is 5.41 Å². The fourth-order valence-electron chi connectivity index (χ4n) is 2.97. The maximum atomic E-state index is 12.4. The first-order chi connectivity index (χ1) is 7.50. The first-order valence-electron chi connectivity index (χ1n) is 6.70. The Labute approximate surface area is 100 Å². The molecule has 0 spiro atoms. The minimum atomic E-state index is 0.00623. The molecular weight excluding hydrogens is 196 g/mol. The molecule has 0 heterocycles. The van der Waals surface area contributed by atoms with Crippen molar-refractivity contribution in [2.24, 2.45) is 11.3 Å². The molecule has 0 unspecified atom stereocenters. The van der Waals surface area contributed by atoms with Gasteiger partial charge in [-0.15, -0.1) is 0 Å². The van der Waals surface area contributed by atoms with Crippen LogP contribution in [-0.2, 0) is 4.79 Å². The summed E-state index contributed by atoms with van der Waals surface area (Å²) >= 11 is 0. The molecule has 1 fully saturated rings. The summed E-state index contributed by atoms with van der Waals surface area (Å²) in [5.74, 6) is 1.09. The topological polar surface area (TPSA) is 17.1 Å². The smallest absolute Gasteiger partial charge is 0.143 e. The standard InChI is InChI=1S/C15H26O/c1-5-13(4)10-14(16)15(11-12(2)3)8-6-7-9-15/h12H,4-11H2,1-3H3. The summed E-state index contributed by atoms with van der Waals surface area (Å²) in [6, 6.07) is 0. The molecule has 0 N–H and O–H groups in total. The highest BCUT2D eigenvalue weighted by Gasteiger charge is 2.40. The van der Waals surface area contributed by atoms with Crippen LogP contribution < -0.4 is 0 Å². The van der Waals surface area contributed by atoms with E-state index < -0.39 is 0 Å². The van der Waals surface area contributed by atoms with Crippen molar-refractivity contribution in [3.8, 4) is 0 Å². The second-order valence-electron chi connectivity index (χ2n) is 5.79. The molecule has 1 aliphatic carbocycles. The highest BCUT2D eigenvalue weighted by atomic mass is 16.1. The van der Waals surface area contributed by atoms with Gasteiger partial charge in [0.25, 0.3) is 0 Å². The number of allylic oxidation sites excluding steroid dienone is 1. The minimum absolute atomic E-state index is 0.00623. The molecule has 0 saturated heterocycles. The fourth-order valence-corrected chi connectivity index (χ4v) is 2.97. The van der Waals surface area contributed by atoms with Crippen LogP contribution in [0.25, 0.3) is 0 Å². The lowest BCUT2D eigenvalue weighted by Crippen LogP contribution is -2.30. The van der Waals surface area contributed by atoms with Gasteiger partial charge in [0.1, 0.15) is 5.78 Å². The molecule has 1 aliphatic rings. The lowest BCUT2D eigenvalue weighted by Gasteiger charge is -2.29. The van der Waals surface area contributed by atoms with E-state index in [1.54, 1.807) is 0 Å². The zero-order chi connectivity index (χ0) is 12.2. The second kappa shape index (κ2) is 5.65. The van der Waals surface area contributed by atoms with E-state index in [0.29, 0.717) is 18.1 Å². The molecule has 0 aromatic heterocycles. The summed E-state index contributed by atoms with van der Waals surface area (Å²) in [6.45, 7) is 10.5. The number of ketones is 1. The third-order valence-electron chi connectivity index (χ3n) is 3.86. The molecule has 16 heavy (non-hydrogen) atoms. The van der Waals surface area contributed by atoms with Gasteiger partial charge in [0.05, 0.1) is 0 Å². The van der Waals surface area contributed by atoms with Crippen LogP contribution in [0.5, 0.6) is 0 Å². The first-order valence-corrected chi connectivity index (χ1v) is 6.70. The minimum Gasteiger partial charge on any atom is -0.299 e. The van der Waals surface area contributed by atoms with Crippen LogP contribution in [0, 0.1) is 11.3 Å². The van der Waals surface area contributed by atoms with Crippen molar-refractivity contribution in [2.45, 2.75) is 65.7 Å². The number of carbonyl (C=O) groups is 1. The largest absolute Gasteiger partial charge is 0.299 e. The Morgan fingerprint density at radius 3 is 2.31 bits per heavy atom. The first kappa shape index (κ1) is 13.5. The summed E-state index contributed by atoms with van der Waals surface area (Å²) in [4.78, 5) is 12.4. The van der Waals surface area contributed by atoms with Crippen molar-refractivity contribution < 1.29 is 4.79 Å². The van der Waals surface area contributed by atoms with Crippen molar-refractivity contribution in [2.75, 3.05) is 0 Å². The van der Waals surface area contributed by atoms with Gasteiger partial charge in [-0.1, -0.05) is 45.8 Å². The lowest BCUT2D eigenvalue weighted by molar-refractivity contribution is -0.128. The average molecular weight is 222 g/mol. The summed E-state index contributed by atoms with van der Waals surface area (Å²) in [6.07, 6.45) is 7.31. The number of Topliss-reactive ketones (excluding diaryl/α,β-unsaturated/α-hetero) is 1. The van der Waals surface area contributed by atoms with Crippen molar-refractivity contribution in [1.82, 2.24) is 0 Å². The average Bonchev–Trinajstić information content (AvgIpc) is 2.66. The summed E-state index contributed by atoms with van der Waals surface area (Å²) in [5, 5.41) is 0. The fraction of sp³-hybridized carbons (Fsp3) is 0.800. The van der Waals surface area contributed by atoms with E-state index in [9.17, 15) is 4.79 Å². The zero-order valence-corrected chi connectivity index (χ0v) is 11.1. The van der Waals surface area contributed by atoms with Crippen LogP contribution in [0.4, 0.5) is 0 Å². The normalized spacial score (nSPS) is 19.0. The summed E-state index contributed by atoms with van der Waals surface area (Å²) in [7, 11) is 0. The maximum Gasteiger partial charge on any atom is 0.143 e. The third-order valence-corrected chi connectivity index (χ3v) is 3.86. The van der Waals surface area contributed by atoms with Gasteiger partial charge < -0.3 is 0 Å². The molecule has 1 saturated carbocycles. The number of rotatable bonds is 6. The molecule has 0 amide bonds. The van der Waals surface area contributed by atoms with Crippen LogP contribution in [0.2, 0.25) is 0 Å². The molecule has 92 valence electrons. The van der Waals surface area contributed by atoms with Crippen molar-refractivity contribution in [3.63, 3.8) is 0 Å². The van der Waals surface area contributed by atoms with Gasteiger partial charge in [-0.25, -0.2) is 0 Å². The van der Waals surface area contributed by atoms with E-state index in [1.807, 2.05) is 0 Å². The van der Waals surface area contributed by atoms with E-state index in [1.165, 1.54) is 12.8 Å². The van der Waals surface area contributed by atoms with E-state index >= 15 is 0 Å².